The summed E-state index contributed by atoms with van der Waals surface area (Å²) in [5.41, 5.74) is 0.572. The van der Waals surface area contributed by atoms with Crippen LogP contribution in [0.15, 0.2) is 53.6 Å². The number of halogens is 1. The SMILES string of the molecule is C[C@@H](NS(=O)(=O)c1ccccc1F)c1ccccn1. The second-order valence-corrected chi connectivity index (χ2v) is 5.71. The molecule has 6 heteroatoms. The Morgan fingerprint density at radius 3 is 2.47 bits per heavy atom. The molecule has 0 saturated heterocycles. The number of benzene rings is 1. The molecule has 19 heavy (non-hydrogen) atoms. The molecule has 0 bridgehead atoms. The molecule has 0 spiro atoms. The van der Waals surface area contributed by atoms with Crippen molar-refractivity contribution in [3.05, 3.63) is 60.2 Å². The molecule has 0 saturated carbocycles. The molecule has 1 N–H and O–H groups in total. The van der Waals surface area contributed by atoms with Crippen LogP contribution in [0.1, 0.15) is 18.7 Å². The van der Waals surface area contributed by atoms with Gasteiger partial charge in [-0.15, -0.1) is 0 Å². The van der Waals surface area contributed by atoms with Crippen LogP contribution < -0.4 is 4.72 Å². The molecule has 0 aliphatic heterocycles. The van der Waals surface area contributed by atoms with Gasteiger partial charge in [-0.2, -0.15) is 0 Å². The van der Waals surface area contributed by atoms with Crippen LogP contribution >= 0.6 is 0 Å². The van der Waals surface area contributed by atoms with E-state index in [1.54, 1.807) is 31.3 Å². The maximum Gasteiger partial charge on any atom is 0.244 e. The van der Waals surface area contributed by atoms with Gasteiger partial charge in [0, 0.05) is 6.20 Å². The molecule has 1 aromatic heterocycles. The molecule has 2 rings (SSSR count). The highest BCUT2D eigenvalue weighted by molar-refractivity contribution is 7.89. The van der Waals surface area contributed by atoms with Gasteiger partial charge in [0.1, 0.15) is 10.7 Å². The van der Waals surface area contributed by atoms with Crippen molar-refractivity contribution >= 4 is 10.0 Å². The van der Waals surface area contributed by atoms with Crippen molar-refractivity contribution in [2.75, 3.05) is 0 Å². The Balaban J connectivity index is 2.26. The summed E-state index contributed by atoms with van der Waals surface area (Å²) < 4.78 is 40.0. The molecule has 1 atom stereocenters. The highest BCUT2D eigenvalue weighted by Gasteiger charge is 2.21. The maximum atomic E-state index is 13.5. The average molecular weight is 280 g/mol. The number of sulfonamides is 1. The third kappa shape index (κ3) is 3.15. The summed E-state index contributed by atoms with van der Waals surface area (Å²) in [6, 6.07) is 9.92. The lowest BCUT2D eigenvalue weighted by Gasteiger charge is -2.14. The zero-order valence-electron chi connectivity index (χ0n) is 10.2. The van der Waals surface area contributed by atoms with Crippen LogP contribution in [0, 0.1) is 5.82 Å². The van der Waals surface area contributed by atoms with Gasteiger partial charge >= 0.3 is 0 Å². The van der Waals surface area contributed by atoms with Gasteiger partial charge < -0.3 is 0 Å². The van der Waals surface area contributed by atoms with E-state index in [0.29, 0.717) is 5.69 Å². The van der Waals surface area contributed by atoms with Crippen LogP contribution in [-0.4, -0.2) is 13.4 Å². The molecular formula is C13H13FN2O2S. The normalized spacial score (nSPS) is 13.2. The standard InChI is InChI=1S/C13H13FN2O2S/c1-10(12-7-4-5-9-15-12)16-19(17,18)13-8-3-2-6-11(13)14/h2-10,16H,1H3/t10-/m1/s1. The van der Waals surface area contributed by atoms with Crippen molar-refractivity contribution in [3.8, 4) is 0 Å². The minimum Gasteiger partial charge on any atom is -0.260 e. The Bertz CT molecular complexity index is 659. The number of hydrogen-bond acceptors (Lipinski definition) is 3. The van der Waals surface area contributed by atoms with E-state index in [-0.39, 0.29) is 4.90 Å². The summed E-state index contributed by atoms with van der Waals surface area (Å²) in [6.07, 6.45) is 1.57. The second-order valence-electron chi connectivity index (χ2n) is 4.03. The van der Waals surface area contributed by atoms with Crippen molar-refractivity contribution in [3.63, 3.8) is 0 Å². The van der Waals surface area contributed by atoms with Crippen LogP contribution in [0.4, 0.5) is 4.39 Å². The number of nitrogens with zero attached hydrogens (tertiary/aromatic N) is 1. The summed E-state index contributed by atoms with van der Waals surface area (Å²) in [7, 11) is -3.90. The Hall–Kier alpha value is -1.79. The highest BCUT2D eigenvalue weighted by Crippen LogP contribution is 2.17. The summed E-state index contributed by atoms with van der Waals surface area (Å²) in [5, 5.41) is 0. The molecule has 0 unspecified atom stereocenters. The van der Waals surface area contributed by atoms with Crippen molar-refractivity contribution < 1.29 is 12.8 Å². The van der Waals surface area contributed by atoms with E-state index < -0.39 is 21.9 Å². The Kier molecular flexibility index (Phi) is 3.92. The van der Waals surface area contributed by atoms with Gasteiger partial charge in [0.2, 0.25) is 10.0 Å². The average Bonchev–Trinajstić information content (AvgIpc) is 2.39. The fourth-order valence-electron chi connectivity index (χ4n) is 1.65. The van der Waals surface area contributed by atoms with E-state index in [0.717, 1.165) is 6.07 Å². The van der Waals surface area contributed by atoms with Crippen molar-refractivity contribution in [2.24, 2.45) is 0 Å². The molecule has 2 aromatic rings. The van der Waals surface area contributed by atoms with E-state index in [1.807, 2.05) is 0 Å². The molecule has 0 fully saturated rings. The van der Waals surface area contributed by atoms with Gasteiger partial charge in [-0.25, -0.2) is 17.5 Å². The predicted octanol–water partition coefficient (Wildman–Crippen LogP) is 2.26. The molecule has 0 aliphatic rings. The molecule has 100 valence electrons. The highest BCUT2D eigenvalue weighted by atomic mass is 32.2. The first-order valence-corrected chi connectivity index (χ1v) is 7.17. The molecule has 4 nitrogen and oxygen atoms in total. The van der Waals surface area contributed by atoms with Gasteiger partial charge in [0.25, 0.3) is 0 Å². The van der Waals surface area contributed by atoms with E-state index in [1.165, 1.54) is 18.2 Å². The molecule has 0 amide bonds. The third-order valence-corrected chi connectivity index (χ3v) is 4.16. The third-order valence-electron chi connectivity index (χ3n) is 2.59. The number of pyridine rings is 1. The number of nitrogens with one attached hydrogen (secondary N) is 1. The van der Waals surface area contributed by atoms with Gasteiger partial charge in [-0.1, -0.05) is 18.2 Å². The van der Waals surface area contributed by atoms with Crippen molar-refractivity contribution in [1.29, 1.82) is 0 Å². The fourth-order valence-corrected chi connectivity index (χ4v) is 2.95. The van der Waals surface area contributed by atoms with Crippen LogP contribution in [0.2, 0.25) is 0 Å². The van der Waals surface area contributed by atoms with E-state index >= 15 is 0 Å². The first kappa shape index (κ1) is 13.6. The second kappa shape index (κ2) is 5.46. The Morgan fingerprint density at radius 1 is 1.16 bits per heavy atom. The minimum absolute atomic E-state index is 0.363. The Labute approximate surface area is 111 Å². The van der Waals surface area contributed by atoms with E-state index in [4.69, 9.17) is 0 Å². The maximum absolute atomic E-state index is 13.5. The fraction of sp³-hybridized carbons (Fsp3) is 0.154. The van der Waals surface area contributed by atoms with Gasteiger partial charge in [-0.3, -0.25) is 4.98 Å². The monoisotopic (exact) mass is 280 g/mol. The lowest BCUT2D eigenvalue weighted by molar-refractivity contribution is 0.545. The lowest BCUT2D eigenvalue weighted by Crippen LogP contribution is -2.28. The number of hydrogen-bond donors (Lipinski definition) is 1. The summed E-state index contributed by atoms with van der Waals surface area (Å²) in [4.78, 5) is 3.70. The molecule has 0 aliphatic carbocycles. The summed E-state index contributed by atoms with van der Waals surface area (Å²) in [5.74, 6) is -0.775. The topological polar surface area (TPSA) is 59.1 Å². The summed E-state index contributed by atoms with van der Waals surface area (Å²) in [6.45, 7) is 1.65. The zero-order valence-corrected chi connectivity index (χ0v) is 11.1. The first-order valence-electron chi connectivity index (χ1n) is 5.68. The smallest absolute Gasteiger partial charge is 0.244 e. The Morgan fingerprint density at radius 2 is 1.84 bits per heavy atom. The largest absolute Gasteiger partial charge is 0.260 e. The van der Waals surface area contributed by atoms with Crippen LogP contribution in [0.5, 0.6) is 0 Å². The van der Waals surface area contributed by atoms with E-state index in [9.17, 15) is 12.8 Å². The molecular weight excluding hydrogens is 267 g/mol. The first-order chi connectivity index (χ1) is 9.00. The van der Waals surface area contributed by atoms with Crippen LogP contribution in [-0.2, 0) is 10.0 Å². The molecule has 1 aromatic carbocycles. The van der Waals surface area contributed by atoms with Crippen LogP contribution in [0.25, 0.3) is 0 Å². The van der Waals surface area contributed by atoms with E-state index in [2.05, 4.69) is 9.71 Å². The zero-order chi connectivity index (χ0) is 13.9. The number of aromatic nitrogens is 1. The van der Waals surface area contributed by atoms with Crippen molar-refractivity contribution in [2.45, 2.75) is 17.9 Å². The van der Waals surface area contributed by atoms with Crippen molar-refractivity contribution in [1.82, 2.24) is 9.71 Å². The summed E-state index contributed by atoms with van der Waals surface area (Å²) >= 11 is 0. The van der Waals surface area contributed by atoms with Gasteiger partial charge in [-0.05, 0) is 31.2 Å². The van der Waals surface area contributed by atoms with Crippen LogP contribution in [0.3, 0.4) is 0 Å². The van der Waals surface area contributed by atoms with Gasteiger partial charge in [0.05, 0.1) is 11.7 Å². The quantitative estimate of drug-likeness (QED) is 0.934. The molecule has 1 heterocycles. The lowest BCUT2D eigenvalue weighted by atomic mass is 10.2. The number of rotatable bonds is 4. The minimum atomic E-state index is -3.90. The predicted molar refractivity (Wildman–Crippen MR) is 69.4 cm³/mol. The van der Waals surface area contributed by atoms with Gasteiger partial charge in [0.15, 0.2) is 0 Å². The molecule has 0 radical (unpaired) electrons.